The molecule has 2 atom stereocenters. The second-order valence-electron chi connectivity index (χ2n) is 3.20. The van der Waals surface area contributed by atoms with E-state index in [0.717, 1.165) is 5.25 Å². The lowest BCUT2D eigenvalue weighted by Gasteiger charge is -2.33. The zero-order chi connectivity index (χ0) is 9.61. The number of thioether (sulfide) groups is 2. The van der Waals surface area contributed by atoms with Crippen LogP contribution in [-0.4, -0.2) is 21.5 Å². The van der Waals surface area contributed by atoms with Gasteiger partial charge in [-0.3, -0.25) is 0 Å². The zero-order valence-electron chi connectivity index (χ0n) is 9.02. The number of hydrogen-bond acceptors (Lipinski definition) is 2. The molecule has 0 aromatic heterocycles. The molecule has 0 rings (SSSR count). The molecule has 0 amide bonds. The Labute approximate surface area is 86.3 Å². The van der Waals surface area contributed by atoms with Gasteiger partial charge in [0.15, 0.2) is 0 Å². The van der Waals surface area contributed by atoms with Crippen LogP contribution in [0.1, 0.15) is 41.0 Å². The van der Waals surface area contributed by atoms with Crippen molar-refractivity contribution >= 4 is 23.5 Å². The van der Waals surface area contributed by atoms with E-state index in [1.54, 1.807) is 0 Å². The van der Waals surface area contributed by atoms with Crippen LogP contribution >= 0.6 is 23.5 Å². The van der Waals surface area contributed by atoms with E-state index in [1.807, 2.05) is 0 Å². The third-order valence-corrected chi connectivity index (χ3v) is 5.55. The molecule has 12 heavy (non-hydrogen) atoms. The smallest absolute Gasteiger partial charge is 0.0245 e. The van der Waals surface area contributed by atoms with E-state index < -0.39 is 0 Å². The maximum Gasteiger partial charge on any atom is 0.0245 e. The summed E-state index contributed by atoms with van der Waals surface area (Å²) in [7, 11) is 0. The average Bonchev–Trinajstić information content (AvgIpc) is 2.05. The van der Waals surface area contributed by atoms with E-state index in [9.17, 15) is 0 Å². The molecule has 0 aromatic rings. The Morgan fingerprint density at radius 2 is 1.75 bits per heavy atom. The van der Waals surface area contributed by atoms with Gasteiger partial charge in [0, 0.05) is 10.00 Å². The summed E-state index contributed by atoms with van der Waals surface area (Å²) in [5, 5.41) is 0.775. The van der Waals surface area contributed by atoms with E-state index in [2.05, 4.69) is 58.1 Å². The van der Waals surface area contributed by atoms with Crippen molar-refractivity contribution in [1.29, 1.82) is 0 Å². The summed E-state index contributed by atoms with van der Waals surface area (Å²) in [6.07, 6.45) is 1.28. The van der Waals surface area contributed by atoms with Gasteiger partial charge in [-0.2, -0.15) is 23.5 Å². The molecule has 2 unspecified atom stereocenters. The number of rotatable bonds is 6. The Morgan fingerprint density at radius 1 is 1.17 bits per heavy atom. The molecule has 0 aliphatic carbocycles. The summed E-state index contributed by atoms with van der Waals surface area (Å²) in [4.78, 5) is 0. The number of hydrogen-bond donors (Lipinski definition) is 0. The van der Waals surface area contributed by atoms with Gasteiger partial charge >= 0.3 is 0 Å². The third kappa shape index (κ3) is 3.61. The average molecular weight is 206 g/mol. The molecule has 0 N–H and O–H groups in total. The summed E-state index contributed by atoms with van der Waals surface area (Å²) >= 11 is 4.19. The Bertz CT molecular complexity index is 114. The molecular weight excluding hydrogens is 184 g/mol. The predicted octanol–water partition coefficient (Wildman–Crippen LogP) is 4.05. The Balaban J connectivity index is 4.08. The normalized spacial score (nSPS) is 18.8. The fourth-order valence-electron chi connectivity index (χ4n) is 1.26. The summed E-state index contributed by atoms with van der Waals surface area (Å²) in [5.41, 5.74) is 0. The zero-order valence-corrected chi connectivity index (χ0v) is 10.6. The van der Waals surface area contributed by atoms with Gasteiger partial charge in [-0.1, -0.05) is 27.7 Å². The molecule has 0 fully saturated rings. The van der Waals surface area contributed by atoms with Gasteiger partial charge in [0.25, 0.3) is 0 Å². The standard InChI is InChI=1S/C10H22S2/c1-6-10(5,12-8-3)9(4)11-7-2/h9H,6-8H2,1-5H3. The van der Waals surface area contributed by atoms with Crippen molar-refractivity contribution in [3.63, 3.8) is 0 Å². The summed E-state index contributed by atoms with van der Waals surface area (Å²) in [6.45, 7) is 11.6. The molecule has 0 spiro atoms. The van der Waals surface area contributed by atoms with E-state index in [1.165, 1.54) is 17.9 Å². The first-order chi connectivity index (χ1) is 5.60. The van der Waals surface area contributed by atoms with Crippen LogP contribution in [0, 0.1) is 0 Å². The van der Waals surface area contributed by atoms with Gasteiger partial charge < -0.3 is 0 Å². The van der Waals surface area contributed by atoms with Crippen molar-refractivity contribution in [2.45, 2.75) is 51.0 Å². The van der Waals surface area contributed by atoms with Crippen molar-refractivity contribution in [3.05, 3.63) is 0 Å². The monoisotopic (exact) mass is 206 g/mol. The van der Waals surface area contributed by atoms with Crippen molar-refractivity contribution < 1.29 is 0 Å². The quantitative estimate of drug-likeness (QED) is 0.643. The van der Waals surface area contributed by atoms with Crippen LogP contribution in [0.3, 0.4) is 0 Å². The molecule has 2 heteroatoms. The van der Waals surface area contributed by atoms with Crippen molar-refractivity contribution in [2.24, 2.45) is 0 Å². The van der Waals surface area contributed by atoms with Crippen LogP contribution in [0.5, 0.6) is 0 Å². The highest BCUT2D eigenvalue weighted by Gasteiger charge is 2.28. The SMILES string of the molecule is CCSC(C)C(C)(CC)SCC. The van der Waals surface area contributed by atoms with Gasteiger partial charge in [0.1, 0.15) is 0 Å². The topological polar surface area (TPSA) is 0 Å². The molecule has 74 valence electrons. The van der Waals surface area contributed by atoms with Crippen LogP contribution in [0.2, 0.25) is 0 Å². The largest absolute Gasteiger partial charge is 0.158 e. The lowest BCUT2D eigenvalue weighted by Crippen LogP contribution is -2.31. The van der Waals surface area contributed by atoms with Gasteiger partial charge in [0.2, 0.25) is 0 Å². The van der Waals surface area contributed by atoms with Gasteiger partial charge in [-0.05, 0) is 24.9 Å². The lowest BCUT2D eigenvalue weighted by atomic mass is 10.1. The molecule has 0 bridgehead atoms. The molecule has 0 nitrogen and oxygen atoms in total. The maximum atomic E-state index is 2.40. The molecule has 0 aliphatic heterocycles. The Hall–Kier alpha value is 0.700. The van der Waals surface area contributed by atoms with Crippen molar-refractivity contribution in [2.75, 3.05) is 11.5 Å². The summed E-state index contributed by atoms with van der Waals surface area (Å²) in [6, 6.07) is 0. The summed E-state index contributed by atoms with van der Waals surface area (Å²) < 4.78 is 0.482. The van der Waals surface area contributed by atoms with Crippen LogP contribution in [-0.2, 0) is 0 Å². The minimum atomic E-state index is 0.482. The third-order valence-electron chi connectivity index (χ3n) is 2.45. The van der Waals surface area contributed by atoms with Gasteiger partial charge in [-0.25, -0.2) is 0 Å². The van der Waals surface area contributed by atoms with Crippen LogP contribution in [0.25, 0.3) is 0 Å². The highest BCUT2D eigenvalue weighted by molar-refractivity contribution is 8.04. The fourth-order valence-corrected chi connectivity index (χ4v) is 3.79. The highest BCUT2D eigenvalue weighted by Crippen LogP contribution is 2.37. The first-order valence-electron chi connectivity index (χ1n) is 4.86. The molecule has 0 aliphatic rings. The molecule has 0 saturated carbocycles. The second kappa shape index (κ2) is 6.20. The van der Waals surface area contributed by atoms with E-state index in [4.69, 9.17) is 0 Å². The first kappa shape index (κ1) is 12.7. The van der Waals surface area contributed by atoms with E-state index in [0.29, 0.717) is 4.75 Å². The summed E-state index contributed by atoms with van der Waals surface area (Å²) in [5.74, 6) is 2.47. The van der Waals surface area contributed by atoms with Gasteiger partial charge in [-0.15, -0.1) is 0 Å². The van der Waals surface area contributed by atoms with Crippen LogP contribution in [0.4, 0.5) is 0 Å². The minimum Gasteiger partial charge on any atom is -0.158 e. The van der Waals surface area contributed by atoms with Crippen molar-refractivity contribution in [1.82, 2.24) is 0 Å². The maximum absolute atomic E-state index is 2.40. The predicted molar refractivity (Wildman–Crippen MR) is 64.4 cm³/mol. The molecule has 0 radical (unpaired) electrons. The second-order valence-corrected chi connectivity index (χ2v) is 6.61. The molecular formula is C10H22S2. The Kier molecular flexibility index (Phi) is 6.56. The minimum absolute atomic E-state index is 0.482. The highest BCUT2D eigenvalue weighted by atomic mass is 32.2. The lowest BCUT2D eigenvalue weighted by molar-refractivity contribution is 0.613. The first-order valence-corrected chi connectivity index (χ1v) is 6.89. The fraction of sp³-hybridized carbons (Fsp3) is 1.00. The molecule has 0 aromatic carbocycles. The van der Waals surface area contributed by atoms with Gasteiger partial charge in [0.05, 0.1) is 0 Å². The van der Waals surface area contributed by atoms with E-state index >= 15 is 0 Å². The molecule has 0 heterocycles. The van der Waals surface area contributed by atoms with Crippen LogP contribution in [0.15, 0.2) is 0 Å². The van der Waals surface area contributed by atoms with E-state index in [-0.39, 0.29) is 0 Å². The Morgan fingerprint density at radius 3 is 2.08 bits per heavy atom. The molecule has 0 saturated heterocycles. The van der Waals surface area contributed by atoms with Crippen molar-refractivity contribution in [3.8, 4) is 0 Å². The van der Waals surface area contributed by atoms with Crippen LogP contribution < -0.4 is 0 Å².